The van der Waals surface area contributed by atoms with Crippen molar-refractivity contribution in [3.05, 3.63) is 170 Å². The van der Waals surface area contributed by atoms with Crippen LogP contribution in [-0.4, -0.2) is 37.2 Å². The van der Waals surface area contributed by atoms with Crippen molar-refractivity contribution in [2.24, 2.45) is 0 Å². The second-order valence-corrected chi connectivity index (χ2v) is 16.4. The highest BCUT2D eigenvalue weighted by atomic mass is 16.6. The van der Waals surface area contributed by atoms with E-state index in [0.29, 0.717) is 19.3 Å². The van der Waals surface area contributed by atoms with Crippen molar-refractivity contribution in [3.63, 3.8) is 0 Å². The van der Waals surface area contributed by atoms with Crippen molar-refractivity contribution in [2.45, 2.75) is 187 Å². The lowest BCUT2D eigenvalue weighted by Gasteiger charge is -2.18. The lowest BCUT2D eigenvalue weighted by atomic mass is 10.1. The molecule has 0 aliphatic carbocycles. The Balaban J connectivity index is 4.69. The van der Waals surface area contributed by atoms with E-state index >= 15 is 0 Å². The molecule has 0 rings (SSSR count). The second-order valence-electron chi connectivity index (χ2n) is 16.4. The number of hydrogen-bond donors (Lipinski definition) is 0. The first-order chi connectivity index (χ1) is 33.5. The topological polar surface area (TPSA) is 78.9 Å². The Morgan fingerprint density at radius 2 is 0.662 bits per heavy atom. The van der Waals surface area contributed by atoms with Gasteiger partial charge in [0.25, 0.3) is 0 Å². The number of unbranched alkanes of at least 4 members (excludes halogenated alkanes) is 8. The number of carbonyl (C=O) groups excluding carboxylic acids is 3. The maximum atomic E-state index is 12.8. The monoisotopic (exact) mass is 933 g/mol. The summed E-state index contributed by atoms with van der Waals surface area (Å²) < 4.78 is 16.6. The normalized spacial score (nSPS) is 13.5. The summed E-state index contributed by atoms with van der Waals surface area (Å²) in [6.07, 6.45) is 80.7. The van der Waals surface area contributed by atoms with E-state index in [1.165, 1.54) is 19.3 Å². The van der Waals surface area contributed by atoms with Crippen LogP contribution in [-0.2, 0) is 28.6 Å². The summed E-state index contributed by atoms with van der Waals surface area (Å²) >= 11 is 0. The molecule has 68 heavy (non-hydrogen) atoms. The second kappa shape index (κ2) is 54.4. The van der Waals surface area contributed by atoms with Crippen molar-refractivity contribution in [2.75, 3.05) is 13.2 Å². The first-order valence-electron chi connectivity index (χ1n) is 26.2. The average molecular weight is 933 g/mol. The molecule has 0 saturated heterocycles. The quantitative estimate of drug-likeness (QED) is 0.0199. The molecule has 1 atom stereocenters. The van der Waals surface area contributed by atoms with Crippen LogP contribution >= 0.6 is 0 Å². The smallest absolute Gasteiger partial charge is 0.306 e. The van der Waals surface area contributed by atoms with Crippen LogP contribution < -0.4 is 0 Å². The lowest BCUT2D eigenvalue weighted by molar-refractivity contribution is -0.166. The van der Waals surface area contributed by atoms with Crippen molar-refractivity contribution >= 4 is 17.9 Å². The molecule has 0 aromatic rings. The van der Waals surface area contributed by atoms with E-state index in [9.17, 15) is 14.4 Å². The summed E-state index contributed by atoms with van der Waals surface area (Å²) in [6.45, 7) is 6.19. The molecule has 0 aliphatic heterocycles. The van der Waals surface area contributed by atoms with Crippen LogP contribution in [0.15, 0.2) is 170 Å². The standard InChI is InChI=1S/C62H92O6/c1-4-7-10-13-16-19-22-25-28-31-32-35-37-40-43-46-49-52-55-61(64)67-58-59(68-62(65)56-53-50-47-44-41-38-34-30-27-24-21-18-15-12-9-6-3)57-66-60(63)54-51-48-45-42-39-36-33-29-26-23-20-17-14-11-8-5-2/h8-9,11-12,16-22,25-32,35-36,38-39,41,45,47-48,50,59H,4-7,10,13-15,23-24,33-34,37,40,42-44,46,49,51-58H2,1-3H3/b11-8-,12-9-,19-16-,20-17-,21-18-,25-22-,29-26-,30-27-,31-28-,35-32-,39-36-,41-38-,48-45-,50-47-. The lowest BCUT2D eigenvalue weighted by Crippen LogP contribution is -2.30. The van der Waals surface area contributed by atoms with Gasteiger partial charge in [0, 0.05) is 19.3 Å². The number of hydrogen-bond acceptors (Lipinski definition) is 6. The molecule has 0 amide bonds. The van der Waals surface area contributed by atoms with Gasteiger partial charge < -0.3 is 14.2 Å². The molecule has 0 aliphatic rings. The Bertz CT molecular complexity index is 1640. The zero-order valence-electron chi connectivity index (χ0n) is 42.8. The van der Waals surface area contributed by atoms with Crippen LogP contribution in [0.1, 0.15) is 181 Å². The fourth-order valence-electron chi connectivity index (χ4n) is 6.20. The Kier molecular flexibility index (Phi) is 50.2. The highest BCUT2D eigenvalue weighted by molar-refractivity contribution is 5.71. The van der Waals surface area contributed by atoms with Crippen LogP contribution in [0, 0.1) is 0 Å². The molecule has 0 saturated carbocycles. The maximum Gasteiger partial charge on any atom is 0.306 e. The number of esters is 3. The Labute approximate surface area is 415 Å². The summed E-state index contributed by atoms with van der Waals surface area (Å²) in [5.41, 5.74) is 0. The average Bonchev–Trinajstić information content (AvgIpc) is 3.34. The molecule has 6 nitrogen and oxygen atoms in total. The Morgan fingerprint density at radius 1 is 0.324 bits per heavy atom. The van der Waals surface area contributed by atoms with Crippen molar-refractivity contribution in [1.29, 1.82) is 0 Å². The molecular weight excluding hydrogens is 841 g/mol. The molecule has 0 fully saturated rings. The van der Waals surface area contributed by atoms with E-state index in [-0.39, 0.29) is 32.0 Å². The van der Waals surface area contributed by atoms with Gasteiger partial charge in [0.1, 0.15) is 13.2 Å². The fourth-order valence-corrected chi connectivity index (χ4v) is 6.20. The minimum absolute atomic E-state index is 0.152. The van der Waals surface area contributed by atoms with Crippen LogP contribution in [0.4, 0.5) is 0 Å². The van der Waals surface area contributed by atoms with Gasteiger partial charge in [-0.1, -0.05) is 223 Å². The molecule has 376 valence electrons. The van der Waals surface area contributed by atoms with Gasteiger partial charge in [0.15, 0.2) is 6.10 Å². The zero-order valence-corrected chi connectivity index (χ0v) is 42.8. The Hall–Kier alpha value is -5.23. The van der Waals surface area contributed by atoms with Crippen molar-refractivity contribution in [3.8, 4) is 0 Å². The summed E-state index contributed by atoms with van der Waals surface area (Å²) in [7, 11) is 0. The number of ether oxygens (including phenoxy) is 3. The minimum atomic E-state index is -0.867. The van der Waals surface area contributed by atoms with E-state index in [2.05, 4.69) is 167 Å². The molecule has 0 aromatic carbocycles. The van der Waals surface area contributed by atoms with Gasteiger partial charge >= 0.3 is 17.9 Å². The molecule has 0 radical (unpaired) electrons. The fraction of sp³-hybridized carbons (Fsp3) is 0.500. The van der Waals surface area contributed by atoms with E-state index in [1.54, 1.807) is 0 Å². The van der Waals surface area contributed by atoms with Crippen LogP contribution in [0.2, 0.25) is 0 Å². The molecular formula is C62H92O6. The van der Waals surface area contributed by atoms with Crippen LogP contribution in [0.25, 0.3) is 0 Å². The highest BCUT2D eigenvalue weighted by Gasteiger charge is 2.19. The molecule has 0 heterocycles. The van der Waals surface area contributed by atoms with Gasteiger partial charge in [-0.25, -0.2) is 0 Å². The van der Waals surface area contributed by atoms with Crippen molar-refractivity contribution < 1.29 is 28.6 Å². The van der Waals surface area contributed by atoms with Gasteiger partial charge in [0.05, 0.1) is 0 Å². The highest BCUT2D eigenvalue weighted by Crippen LogP contribution is 2.10. The maximum absolute atomic E-state index is 12.8. The van der Waals surface area contributed by atoms with E-state index in [0.717, 1.165) is 109 Å². The molecule has 0 bridgehead atoms. The van der Waals surface area contributed by atoms with Crippen molar-refractivity contribution in [1.82, 2.24) is 0 Å². The largest absolute Gasteiger partial charge is 0.462 e. The summed E-state index contributed by atoms with van der Waals surface area (Å²) in [6, 6.07) is 0. The van der Waals surface area contributed by atoms with E-state index in [4.69, 9.17) is 14.2 Å². The van der Waals surface area contributed by atoms with Gasteiger partial charge in [0.2, 0.25) is 0 Å². The first-order valence-corrected chi connectivity index (χ1v) is 26.2. The third-order valence-corrected chi connectivity index (χ3v) is 10.1. The van der Waals surface area contributed by atoms with Crippen LogP contribution in [0.3, 0.4) is 0 Å². The third kappa shape index (κ3) is 51.7. The number of carbonyl (C=O) groups is 3. The molecule has 6 heteroatoms. The van der Waals surface area contributed by atoms with Gasteiger partial charge in [-0.15, -0.1) is 0 Å². The molecule has 1 unspecified atom stereocenters. The summed E-state index contributed by atoms with van der Waals surface area (Å²) in [4.78, 5) is 38.0. The summed E-state index contributed by atoms with van der Waals surface area (Å²) in [5, 5.41) is 0. The third-order valence-electron chi connectivity index (χ3n) is 10.1. The number of allylic oxidation sites excluding steroid dienone is 28. The van der Waals surface area contributed by atoms with Gasteiger partial charge in [-0.05, 0) is 109 Å². The predicted molar refractivity (Wildman–Crippen MR) is 292 cm³/mol. The minimum Gasteiger partial charge on any atom is -0.462 e. The Morgan fingerprint density at radius 3 is 1.09 bits per heavy atom. The zero-order chi connectivity index (χ0) is 49.3. The predicted octanol–water partition coefficient (Wildman–Crippen LogP) is 17.6. The summed E-state index contributed by atoms with van der Waals surface area (Å²) in [5.74, 6) is -1.16. The van der Waals surface area contributed by atoms with E-state index < -0.39 is 18.0 Å². The number of rotatable bonds is 44. The molecule has 0 aromatic heterocycles. The van der Waals surface area contributed by atoms with Crippen LogP contribution in [0.5, 0.6) is 0 Å². The molecule has 0 spiro atoms. The van der Waals surface area contributed by atoms with E-state index in [1.807, 2.05) is 24.3 Å². The molecule has 0 N–H and O–H groups in total. The SMILES string of the molecule is CC/C=C\C/C=C\C/C=C\C/C=C\C/C=C\CCC(=O)OCC(COC(=O)CCCCCCC\C=C/C=C\C=C/C=C\CCCCC)OC(=O)CC/C=C\C/C=C\C/C=C\C/C=C\C/C=C\CC. The van der Waals surface area contributed by atoms with Gasteiger partial charge in [-0.2, -0.15) is 0 Å². The van der Waals surface area contributed by atoms with Gasteiger partial charge in [-0.3, -0.25) is 14.4 Å². The first kappa shape index (κ1) is 62.8.